The average molecular weight is 438 g/mol. The van der Waals surface area contributed by atoms with Crippen LogP contribution in [0.4, 0.5) is 14.5 Å². The van der Waals surface area contributed by atoms with Crippen LogP contribution in [-0.4, -0.2) is 45.5 Å². The number of halogens is 3. The van der Waals surface area contributed by atoms with Gasteiger partial charge in [-0.05, 0) is 0 Å². The van der Waals surface area contributed by atoms with Gasteiger partial charge in [0, 0.05) is 18.2 Å². The molecule has 0 saturated heterocycles. The fourth-order valence-corrected chi connectivity index (χ4v) is 3.20. The van der Waals surface area contributed by atoms with Gasteiger partial charge >= 0.3 is 5.76 Å². The summed E-state index contributed by atoms with van der Waals surface area (Å²) in [5, 5.41) is -1.10. The fraction of sp³-hybridized carbons (Fsp3) is 0.375. The molecule has 1 heterocycles. The number of hydrogen-bond donors (Lipinski definition) is 1. The molecule has 28 heavy (non-hydrogen) atoms. The van der Waals surface area contributed by atoms with Crippen molar-refractivity contribution in [2.45, 2.75) is 17.7 Å². The second-order valence-corrected chi connectivity index (χ2v) is 7.48. The van der Waals surface area contributed by atoms with Gasteiger partial charge in [0.1, 0.15) is 5.38 Å². The van der Waals surface area contributed by atoms with E-state index in [4.69, 9.17) is 25.8 Å². The number of para-hydroxylation sites is 1. The Morgan fingerprint density at radius 3 is 2.25 bits per heavy atom. The van der Waals surface area contributed by atoms with Crippen molar-refractivity contribution in [2.24, 2.45) is 0 Å². The molecule has 0 aliphatic carbocycles. The molecule has 2 rings (SSSR count). The molecule has 0 radical (unpaired) electrons. The van der Waals surface area contributed by atoms with Crippen molar-refractivity contribution in [3.05, 3.63) is 41.2 Å². The predicted octanol–water partition coefficient (Wildman–Crippen LogP) is 2.93. The Bertz CT molecular complexity index is 908. The number of alkyl halides is 3. The summed E-state index contributed by atoms with van der Waals surface area (Å²) in [4.78, 5) is 8.25. The van der Waals surface area contributed by atoms with Gasteiger partial charge in [0.2, 0.25) is 11.8 Å². The maximum absolute atomic E-state index is 12.9. The third-order valence-corrected chi connectivity index (χ3v) is 4.96. The molecule has 8 nitrogen and oxygen atoms in total. The molecule has 0 saturated carbocycles. The molecule has 154 valence electrons. The molecule has 12 heteroatoms. The van der Waals surface area contributed by atoms with Gasteiger partial charge in [0.25, 0.3) is 10.0 Å². The number of anilines is 1. The van der Waals surface area contributed by atoms with E-state index < -0.39 is 21.2 Å². The normalized spacial score (nSPS) is 12.7. The number of sulfonamides is 1. The van der Waals surface area contributed by atoms with Crippen molar-refractivity contribution in [1.29, 1.82) is 0 Å². The van der Waals surface area contributed by atoms with Gasteiger partial charge in [-0.2, -0.15) is 18.7 Å². The molecule has 0 aliphatic rings. The highest BCUT2D eigenvalue weighted by atomic mass is 35.5. The van der Waals surface area contributed by atoms with Gasteiger partial charge < -0.3 is 14.2 Å². The Morgan fingerprint density at radius 2 is 1.75 bits per heavy atom. The van der Waals surface area contributed by atoms with E-state index in [1.807, 2.05) is 4.72 Å². The Balaban J connectivity index is 2.59. The number of nitrogens with one attached hydrogen (secondary N) is 1. The SMILES string of the molecule is COCc1cccc(C(Cl)c2nc(OC)cc(OC)n2)c1NS(=O)(=O)C(F)F. The summed E-state index contributed by atoms with van der Waals surface area (Å²) in [7, 11) is -0.792. The number of aromatic nitrogens is 2. The largest absolute Gasteiger partial charge is 0.481 e. The lowest BCUT2D eigenvalue weighted by Crippen LogP contribution is -2.23. The molecule has 0 amide bonds. The zero-order valence-corrected chi connectivity index (χ0v) is 16.7. The molecule has 0 bridgehead atoms. The fourth-order valence-electron chi connectivity index (χ4n) is 2.30. The lowest BCUT2D eigenvalue weighted by Gasteiger charge is -2.19. The summed E-state index contributed by atoms with van der Waals surface area (Å²) in [6.45, 7) is -0.0408. The highest BCUT2D eigenvalue weighted by Crippen LogP contribution is 2.36. The smallest absolute Gasteiger partial charge is 0.355 e. The van der Waals surface area contributed by atoms with Crippen molar-refractivity contribution in [2.75, 3.05) is 26.1 Å². The van der Waals surface area contributed by atoms with Crippen molar-refractivity contribution in [3.63, 3.8) is 0 Å². The van der Waals surface area contributed by atoms with Crippen LogP contribution in [0.1, 0.15) is 22.3 Å². The first-order valence-electron chi connectivity index (χ1n) is 7.75. The lowest BCUT2D eigenvalue weighted by atomic mass is 10.0. The third-order valence-electron chi connectivity index (χ3n) is 3.58. The average Bonchev–Trinajstić information content (AvgIpc) is 2.68. The van der Waals surface area contributed by atoms with E-state index in [2.05, 4.69) is 9.97 Å². The van der Waals surface area contributed by atoms with E-state index in [9.17, 15) is 17.2 Å². The van der Waals surface area contributed by atoms with E-state index in [1.165, 1.54) is 39.5 Å². The number of rotatable bonds is 9. The van der Waals surface area contributed by atoms with Gasteiger partial charge in [-0.15, -0.1) is 11.6 Å². The number of benzene rings is 1. The van der Waals surface area contributed by atoms with E-state index in [1.54, 1.807) is 6.07 Å². The summed E-state index contributed by atoms with van der Waals surface area (Å²) in [6.07, 6.45) is 0. The van der Waals surface area contributed by atoms with Gasteiger partial charge in [-0.1, -0.05) is 18.2 Å². The van der Waals surface area contributed by atoms with Crippen LogP contribution in [0.15, 0.2) is 24.3 Å². The Hall–Kier alpha value is -2.24. The van der Waals surface area contributed by atoms with Crippen LogP contribution in [0.3, 0.4) is 0 Å². The maximum atomic E-state index is 12.9. The van der Waals surface area contributed by atoms with E-state index in [-0.39, 0.29) is 35.4 Å². The minimum Gasteiger partial charge on any atom is -0.481 e. The van der Waals surface area contributed by atoms with Crippen molar-refractivity contribution in [1.82, 2.24) is 9.97 Å². The van der Waals surface area contributed by atoms with E-state index >= 15 is 0 Å². The second-order valence-electron chi connectivity index (χ2n) is 5.40. The van der Waals surface area contributed by atoms with Crippen molar-refractivity contribution in [3.8, 4) is 11.8 Å². The lowest BCUT2D eigenvalue weighted by molar-refractivity contribution is 0.185. The molecule has 1 N–H and O–H groups in total. The first-order chi connectivity index (χ1) is 13.2. The molecule has 0 fully saturated rings. The number of hydrogen-bond acceptors (Lipinski definition) is 7. The summed E-state index contributed by atoms with van der Waals surface area (Å²) in [5.74, 6) is -3.27. The molecule has 1 unspecified atom stereocenters. The van der Waals surface area contributed by atoms with Crippen LogP contribution in [-0.2, 0) is 21.4 Å². The second kappa shape index (κ2) is 9.30. The molecule has 0 aliphatic heterocycles. The predicted molar refractivity (Wildman–Crippen MR) is 98.5 cm³/mol. The molecule has 1 atom stereocenters. The van der Waals surface area contributed by atoms with Gasteiger partial charge in [-0.25, -0.2) is 8.42 Å². The molecule has 0 spiro atoms. The molecule has 1 aromatic heterocycles. The van der Waals surface area contributed by atoms with E-state index in [0.717, 1.165) is 0 Å². The molecular formula is C16H18ClF2N3O5S. The highest BCUT2D eigenvalue weighted by Gasteiger charge is 2.28. The van der Waals surface area contributed by atoms with Crippen LogP contribution in [0, 0.1) is 0 Å². The minimum absolute atomic E-state index is 0.0323. The summed E-state index contributed by atoms with van der Waals surface area (Å²) in [6, 6.07) is 5.99. The van der Waals surface area contributed by atoms with Crippen LogP contribution >= 0.6 is 11.6 Å². The summed E-state index contributed by atoms with van der Waals surface area (Å²) in [5.41, 5.74) is 0.343. The van der Waals surface area contributed by atoms with Crippen LogP contribution in [0.25, 0.3) is 0 Å². The van der Waals surface area contributed by atoms with Crippen LogP contribution in [0.5, 0.6) is 11.8 Å². The number of methoxy groups -OCH3 is 3. The zero-order valence-electron chi connectivity index (χ0n) is 15.1. The Morgan fingerprint density at radius 1 is 1.14 bits per heavy atom. The molecule has 1 aromatic carbocycles. The number of ether oxygens (including phenoxy) is 3. The Kier molecular flexibility index (Phi) is 7.33. The monoisotopic (exact) mass is 437 g/mol. The quantitative estimate of drug-likeness (QED) is 0.602. The van der Waals surface area contributed by atoms with Crippen molar-refractivity contribution >= 4 is 27.3 Å². The molecular weight excluding hydrogens is 420 g/mol. The zero-order chi connectivity index (χ0) is 20.9. The molecule has 2 aromatic rings. The highest BCUT2D eigenvalue weighted by molar-refractivity contribution is 7.93. The topological polar surface area (TPSA) is 99.6 Å². The Labute approximate surface area is 165 Å². The van der Waals surface area contributed by atoms with E-state index in [0.29, 0.717) is 5.56 Å². The standard InChI is InChI=1S/C16H18ClF2N3O5S/c1-25-8-9-5-4-6-10(14(9)22-28(23,24)16(18)19)13(17)15-20-11(26-2)7-12(21-15)27-3/h4-7,13,16,22H,8H2,1-3H3. The van der Waals surface area contributed by atoms with Gasteiger partial charge in [0.15, 0.2) is 5.82 Å². The summed E-state index contributed by atoms with van der Waals surface area (Å²) < 4.78 is 66.3. The minimum atomic E-state index is -4.94. The number of nitrogens with zero attached hydrogens (tertiary/aromatic N) is 2. The van der Waals surface area contributed by atoms with Crippen molar-refractivity contribution < 1.29 is 31.4 Å². The van der Waals surface area contributed by atoms with Gasteiger partial charge in [0.05, 0.1) is 32.6 Å². The maximum Gasteiger partial charge on any atom is 0.355 e. The van der Waals surface area contributed by atoms with Crippen LogP contribution < -0.4 is 14.2 Å². The van der Waals surface area contributed by atoms with Gasteiger partial charge in [-0.3, -0.25) is 4.72 Å². The first-order valence-corrected chi connectivity index (χ1v) is 9.73. The first kappa shape index (κ1) is 22.1. The third kappa shape index (κ3) is 4.97. The van der Waals surface area contributed by atoms with Crippen LogP contribution in [0.2, 0.25) is 0 Å². The summed E-state index contributed by atoms with van der Waals surface area (Å²) >= 11 is 6.48.